The molecule has 0 unspecified atom stereocenters. The van der Waals surface area contributed by atoms with E-state index in [1.54, 1.807) is 0 Å². The van der Waals surface area contributed by atoms with E-state index < -0.39 is 16.4 Å². The molecule has 0 fully saturated rings. The first-order valence-corrected chi connectivity index (χ1v) is 7.64. The van der Waals surface area contributed by atoms with Crippen molar-refractivity contribution in [3.8, 4) is 5.75 Å². The Kier molecular flexibility index (Phi) is 4.48. The number of aromatic nitrogens is 1. The van der Waals surface area contributed by atoms with Crippen LogP contribution >= 0.6 is 11.6 Å². The van der Waals surface area contributed by atoms with Crippen LogP contribution in [0.4, 0.5) is 5.69 Å². The zero-order valence-electron chi connectivity index (χ0n) is 12.5. The molecule has 122 valence electrons. The molecule has 6 nitrogen and oxygen atoms in total. The number of nitro groups is 1. The molecule has 0 radical (unpaired) electrons. The number of halogens is 1. The van der Waals surface area contributed by atoms with Gasteiger partial charge in [0, 0.05) is 40.9 Å². The molecule has 0 bridgehead atoms. The van der Waals surface area contributed by atoms with Gasteiger partial charge in [-0.3, -0.25) is 15.1 Å². The van der Waals surface area contributed by atoms with Crippen LogP contribution in [0, 0.1) is 10.1 Å². The van der Waals surface area contributed by atoms with E-state index in [0.29, 0.717) is 13.0 Å². The lowest BCUT2D eigenvalue weighted by atomic mass is 10.1. The number of hydrogen-bond acceptors (Lipinski definition) is 4. The minimum Gasteiger partial charge on any atom is -0.867 e. The molecule has 1 aromatic heterocycles. The van der Waals surface area contributed by atoms with Gasteiger partial charge in [0.05, 0.1) is 4.92 Å². The molecular weight excluding hydrogens is 330 g/mol. The summed E-state index contributed by atoms with van der Waals surface area (Å²) in [6, 6.07) is 10.4. The zero-order chi connectivity index (χ0) is 17.1. The summed E-state index contributed by atoms with van der Waals surface area (Å²) < 4.78 is 0. The standard InChI is InChI=1S/C17H14ClN3O3/c18-13-7-12(17(22)16(8-13)21(23)24)9-19-6-5-11-10-20-15-4-2-1-3-14(11)15/h1-4,7-10,20,22H,5-6H2/p-1. The lowest BCUT2D eigenvalue weighted by molar-refractivity contribution is -0.398. The van der Waals surface area contributed by atoms with Crippen molar-refractivity contribution in [1.29, 1.82) is 0 Å². The third kappa shape index (κ3) is 3.23. The lowest BCUT2D eigenvalue weighted by Crippen LogP contribution is -2.02. The van der Waals surface area contributed by atoms with E-state index in [9.17, 15) is 15.2 Å². The molecule has 0 saturated carbocycles. The molecule has 1 heterocycles. The number of para-hydroxylation sites is 1. The first-order valence-electron chi connectivity index (χ1n) is 7.26. The average molecular weight is 343 g/mol. The summed E-state index contributed by atoms with van der Waals surface area (Å²) in [5, 5.41) is 24.1. The summed E-state index contributed by atoms with van der Waals surface area (Å²) in [4.78, 5) is 17.5. The third-order valence-electron chi connectivity index (χ3n) is 3.68. The number of rotatable bonds is 5. The van der Waals surface area contributed by atoms with E-state index in [-0.39, 0.29) is 10.6 Å². The Balaban J connectivity index is 1.74. The summed E-state index contributed by atoms with van der Waals surface area (Å²) in [5.74, 6) is -0.680. The Morgan fingerprint density at radius 2 is 2.08 bits per heavy atom. The van der Waals surface area contributed by atoms with E-state index in [4.69, 9.17) is 11.6 Å². The normalized spacial score (nSPS) is 11.4. The van der Waals surface area contributed by atoms with Gasteiger partial charge >= 0.3 is 0 Å². The summed E-state index contributed by atoms with van der Waals surface area (Å²) in [6.07, 6.45) is 3.97. The number of nitro benzene ring substituents is 1. The molecule has 0 spiro atoms. The Bertz CT molecular complexity index is 934. The highest BCUT2D eigenvalue weighted by Crippen LogP contribution is 2.30. The van der Waals surface area contributed by atoms with Crippen LogP contribution in [-0.4, -0.2) is 22.7 Å². The second-order valence-corrected chi connectivity index (χ2v) is 5.68. The largest absolute Gasteiger partial charge is 0.867 e. The number of nitrogens with zero attached hydrogens (tertiary/aromatic N) is 2. The molecule has 0 saturated heterocycles. The van der Waals surface area contributed by atoms with Gasteiger partial charge in [-0.1, -0.05) is 29.8 Å². The van der Waals surface area contributed by atoms with Crippen molar-refractivity contribution in [1.82, 2.24) is 4.98 Å². The first-order chi connectivity index (χ1) is 11.6. The summed E-state index contributed by atoms with van der Waals surface area (Å²) in [7, 11) is 0. The van der Waals surface area contributed by atoms with E-state index in [1.807, 2.05) is 30.5 Å². The van der Waals surface area contributed by atoms with Gasteiger partial charge in [0.1, 0.15) is 0 Å². The van der Waals surface area contributed by atoms with Crippen molar-refractivity contribution < 1.29 is 10.0 Å². The fourth-order valence-corrected chi connectivity index (χ4v) is 2.74. The maximum Gasteiger partial charge on any atom is 0.263 e. The van der Waals surface area contributed by atoms with Crippen LogP contribution in [0.1, 0.15) is 11.1 Å². The monoisotopic (exact) mass is 342 g/mol. The van der Waals surface area contributed by atoms with Crippen LogP contribution in [0.2, 0.25) is 5.02 Å². The van der Waals surface area contributed by atoms with Crippen molar-refractivity contribution in [2.75, 3.05) is 6.54 Å². The Morgan fingerprint density at radius 1 is 1.29 bits per heavy atom. The van der Waals surface area contributed by atoms with Crippen molar-refractivity contribution in [3.05, 3.63) is 68.9 Å². The summed E-state index contributed by atoms with van der Waals surface area (Å²) >= 11 is 5.82. The second-order valence-electron chi connectivity index (χ2n) is 5.25. The van der Waals surface area contributed by atoms with Crippen LogP contribution in [0.25, 0.3) is 10.9 Å². The van der Waals surface area contributed by atoms with Crippen molar-refractivity contribution in [2.45, 2.75) is 6.42 Å². The topological polar surface area (TPSA) is 94.3 Å². The van der Waals surface area contributed by atoms with Crippen LogP contribution in [0.5, 0.6) is 5.75 Å². The van der Waals surface area contributed by atoms with Crippen molar-refractivity contribution in [2.24, 2.45) is 4.99 Å². The van der Waals surface area contributed by atoms with Gasteiger partial charge in [-0.25, -0.2) is 0 Å². The Morgan fingerprint density at radius 3 is 2.88 bits per heavy atom. The van der Waals surface area contributed by atoms with E-state index in [2.05, 4.69) is 9.98 Å². The van der Waals surface area contributed by atoms with Crippen LogP contribution < -0.4 is 5.11 Å². The van der Waals surface area contributed by atoms with Gasteiger partial charge in [0.2, 0.25) is 0 Å². The van der Waals surface area contributed by atoms with E-state index >= 15 is 0 Å². The van der Waals surface area contributed by atoms with Gasteiger partial charge in [0.15, 0.2) is 0 Å². The Labute approximate surface area is 142 Å². The minimum atomic E-state index is -0.739. The summed E-state index contributed by atoms with van der Waals surface area (Å²) in [6.45, 7) is 0.460. The molecular formula is C17H13ClN3O3-. The molecule has 0 amide bonds. The zero-order valence-corrected chi connectivity index (χ0v) is 13.3. The molecule has 2 aromatic carbocycles. The van der Waals surface area contributed by atoms with Crippen molar-refractivity contribution >= 4 is 34.4 Å². The molecule has 0 aliphatic heterocycles. The maximum atomic E-state index is 12.0. The number of fused-ring (bicyclic) bond motifs is 1. The number of H-pyrrole nitrogens is 1. The third-order valence-corrected chi connectivity index (χ3v) is 3.89. The van der Waals surface area contributed by atoms with Gasteiger partial charge in [-0.2, -0.15) is 0 Å². The molecule has 0 aliphatic carbocycles. The number of benzene rings is 2. The highest BCUT2D eigenvalue weighted by atomic mass is 35.5. The molecule has 3 aromatic rings. The highest BCUT2D eigenvalue weighted by Gasteiger charge is 2.11. The van der Waals surface area contributed by atoms with E-state index in [1.165, 1.54) is 12.3 Å². The van der Waals surface area contributed by atoms with Gasteiger partial charge < -0.3 is 10.1 Å². The SMILES string of the molecule is O=[N+]([O-])c1cc(Cl)cc(C=NCCc2c[nH]c3ccccc23)c1[O-]. The van der Waals surface area contributed by atoms with Crippen LogP contribution in [-0.2, 0) is 6.42 Å². The van der Waals surface area contributed by atoms with Gasteiger partial charge in [-0.05, 0) is 35.4 Å². The fourth-order valence-electron chi connectivity index (χ4n) is 2.52. The maximum absolute atomic E-state index is 12.0. The molecule has 1 N–H and O–H groups in total. The van der Waals surface area contributed by atoms with Crippen molar-refractivity contribution in [3.63, 3.8) is 0 Å². The first kappa shape index (κ1) is 16.0. The molecule has 0 atom stereocenters. The van der Waals surface area contributed by atoms with Gasteiger partial charge in [0.25, 0.3) is 5.69 Å². The smallest absolute Gasteiger partial charge is 0.263 e. The highest BCUT2D eigenvalue weighted by molar-refractivity contribution is 6.31. The summed E-state index contributed by atoms with van der Waals surface area (Å²) in [5.41, 5.74) is 1.76. The molecule has 7 heteroatoms. The van der Waals surface area contributed by atoms with E-state index in [0.717, 1.165) is 22.5 Å². The predicted molar refractivity (Wildman–Crippen MR) is 92.0 cm³/mol. The number of nitrogens with one attached hydrogen (secondary N) is 1. The predicted octanol–water partition coefficient (Wildman–Crippen LogP) is 3.46. The average Bonchev–Trinajstić information content (AvgIpc) is 2.97. The molecule has 24 heavy (non-hydrogen) atoms. The number of hydrogen-bond donors (Lipinski definition) is 1. The van der Waals surface area contributed by atoms with Crippen LogP contribution in [0.3, 0.4) is 0 Å². The second kappa shape index (κ2) is 6.72. The Hall–Kier alpha value is -2.86. The quantitative estimate of drug-likeness (QED) is 0.437. The molecule has 0 aliphatic rings. The minimum absolute atomic E-state index is 0.119. The fraction of sp³-hybridized carbons (Fsp3) is 0.118. The molecule has 3 rings (SSSR count). The van der Waals surface area contributed by atoms with Crippen LogP contribution in [0.15, 0.2) is 47.6 Å². The number of aliphatic imine (C=N–C) groups is 1. The lowest BCUT2D eigenvalue weighted by Gasteiger charge is -2.10. The van der Waals surface area contributed by atoms with Gasteiger partial charge in [-0.15, -0.1) is 0 Å². The number of aromatic amines is 1.